The smallest absolute Gasteiger partial charge is 0.252 e. The van der Waals surface area contributed by atoms with Crippen molar-refractivity contribution in [1.29, 1.82) is 0 Å². The zero-order valence-electron chi connectivity index (χ0n) is 11.2. The number of rotatable bonds is 5. The molecule has 2 aliphatic rings. The van der Waals surface area contributed by atoms with E-state index in [0.29, 0.717) is 21.0 Å². The number of halogens is 1. The highest BCUT2D eigenvalue weighted by Gasteiger charge is 2.39. The molecule has 0 radical (unpaired) electrons. The maximum atomic E-state index is 12.8. The van der Waals surface area contributed by atoms with E-state index in [4.69, 9.17) is 11.6 Å². The van der Waals surface area contributed by atoms with Gasteiger partial charge in [-0.2, -0.15) is 4.31 Å². The fraction of sp³-hybridized carbons (Fsp3) is 0.692. The first-order valence-electron chi connectivity index (χ1n) is 7.05. The Morgan fingerprint density at radius 2 is 2.15 bits per heavy atom. The largest absolute Gasteiger partial charge is 0.316 e. The van der Waals surface area contributed by atoms with E-state index in [0.717, 1.165) is 50.1 Å². The molecule has 2 fully saturated rings. The summed E-state index contributed by atoms with van der Waals surface area (Å²) in [5.41, 5.74) is 0. The Morgan fingerprint density at radius 1 is 1.35 bits per heavy atom. The molecule has 1 saturated carbocycles. The molecule has 1 atom stereocenters. The van der Waals surface area contributed by atoms with Crippen molar-refractivity contribution in [3.05, 3.63) is 16.5 Å². The van der Waals surface area contributed by atoms with Crippen LogP contribution >= 0.6 is 22.9 Å². The SMILES string of the molecule is O=S(=O)(c1ccc(Cl)s1)N(CC1CCCNC1)C1CC1. The van der Waals surface area contributed by atoms with Crippen LogP contribution in [0.15, 0.2) is 16.3 Å². The third-order valence-electron chi connectivity index (χ3n) is 3.90. The van der Waals surface area contributed by atoms with Crippen molar-refractivity contribution < 1.29 is 8.42 Å². The number of piperidine rings is 1. The standard InChI is InChI=1S/C13H19ClN2O2S2/c14-12-5-6-13(19-12)20(17,18)16(11-3-4-11)9-10-2-1-7-15-8-10/h5-6,10-11,15H,1-4,7-9H2. The zero-order chi connectivity index (χ0) is 14.2. The monoisotopic (exact) mass is 334 g/mol. The summed E-state index contributed by atoms with van der Waals surface area (Å²) in [6, 6.07) is 3.48. The summed E-state index contributed by atoms with van der Waals surface area (Å²) in [7, 11) is -3.38. The van der Waals surface area contributed by atoms with Gasteiger partial charge in [-0.3, -0.25) is 0 Å². The molecule has 0 aromatic carbocycles. The summed E-state index contributed by atoms with van der Waals surface area (Å²) < 4.78 is 28.1. The Kier molecular flexibility index (Phi) is 4.38. The molecular weight excluding hydrogens is 316 g/mol. The van der Waals surface area contributed by atoms with E-state index < -0.39 is 10.0 Å². The fourth-order valence-corrected chi connectivity index (χ4v) is 6.07. The van der Waals surface area contributed by atoms with Crippen molar-refractivity contribution in [2.45, 2.75) is 35.9 Å². The van der Waals surface area contributed by atoms with Crippen molar-refractivity contribution in [2.75, 3.05) is 19.6 Å². The number of hydrogen-bond donors (Lipinski definition) is 1. The second-order valence-corrected chi connectivity index (χ2v) is 9.41. The van der Waals surface area contributed by atoms with E-state index in [9.17, 15) is 8.42 Å². The van der Waals surface area contributed by atoms with Gasteiger partial charge in [0.1, 0.15) is 4.21 Å². The Labute approximate surface area is 129 Å². The molecule has 1 aliphatic heterocycles. The van der Waals surface area contributed by atoms with Crippen LogP contribution in [-0.2, 0) is 10.0 Å². The second-order valence-electron chi connectivity index (χ2n) is 5.58. The van der Waals surface area contributed by atoms with E-state index in [1.54, 1.807) is 16.4 Å². The van der Waals surface area contributed by atoms with Gasteiger partial charge in [-0.05, 0) is 56.8 Å². The highest BCUT2D eigenvalue weighted by atomic mass is 35.5. The van der Waals surface area contributed by atoms with Crippen molar-refractivity contribution in [3.63, 3.8) is 0 Å². The summed E-state index contributed by atoms with van der Waals surface area (Å²) in [6.45, 7) is 2.60. The average Bonchev–Trinajstić information content (AvgIpc) is 3.17. The van der Waals surface area contributed by atoms with Crippen molar-refractivity contribution >= 4 is 33.0 Å². The van der Waals surface area contributed by atoms with E-state index in [1.165, 1.54) is 0 Å². The van der Waals surface area contributed by atoms with Crippen LogP contribution in [0.4, 0.5) is 0 Å². The maximum Gasteiger partial charge on any atom is 0.252 e. The number of hydrogen-bond acceptors (Lipinski definition) is 4. The average molecular weight is 335 g/mol. The van der Waals surface area contributed by atoms with Crippen molar-refractivity contribution in [2.24, 2.45) is 5.92 Å². The molecule has 0 spiro atoms. The van der Waals surface area contributed by atoms with Gasteiger partial charge in [-0.25, -0.2) is 8.42 Å². The maximum absolute atomic E-state index is 12.8. The van der Waals surface area contributed by atoms with Gasteiger partial charge in [0.2, 0.25) is 0 Å². The molecule has 20 heavy (non-hydrogen) atoms. The summed E-state index contributed by atoms with van der Waals surface area (Å²) in [4.78, 5) is 0. The summed E-state index contributed by atoms with van der Waals surface area (Å²) in [5, 5.41) is 3.35. The molecular formula is C13H19ClN2O2S2. The molecule has 1 aromatic heterocycles. The summed E-state index contributed by atoms with van der Waals surface area (Å²) in [5.74, 6) is 0.426. The van der Waals surface area contributed by atoms with Gasteiger partial charge in [0.15, 0.2) is 0 Å². The van der Waals surface area contributed by atoms with Crippen LogP contribution < -0.4 is 5.32 Å². The van der Waals surface area contributed by atoms with Crippen LogP contribution in [0.5, 0.6) is 0 Å². The number of nitrogens with one attached hydrogen (secondary N) is 1. The molecule has 7 heteroatoms. The van der Waals surface area contributed by atoms with Crippen LogP contribution in [0.25, 0.3) is 0 Å². The molecule has 0 bridgehead atoms. The summed E-state index contributed by atoms with van der Waals surface area (Å²) in [6.07, 6.45) is 4.21. The lowest BCUT2D eigenvalue weighted by Crippen LogP contribution is -2.41. The second kappa shape index (κ2) is 5.93. The predicted octanol–water partition coefficient (Wildman–Crippen LogP) is 2.55. The lowest BCUT2D eigenvalue weighted by Gasteiger charge is -2.29. The van der Waals surface area contributed by atoms with Gasteiger partial charge in [0.05, 0.1) is 4.34 Å². The van der Waals surface area contributed by atoms with Crippen LogP contribution in [0.1, 0.15) is 25.7 Å². The molecule has 4 nitrogen and oxygen atoms in total. The zero-order valence-corrected chi connectivity index (χ0v) is 13.6. The first-order chi connectivity index (χ1) is 9.57. The van der Waals surface area contributed by atoms with Crippen LogP contribution in [-0.4, -0.2) is 38.4 Å². The third-order valence-corrected chi connectivity index (χ3v) is 7.52. The lowest BCUT2D eigenvalue weighted by atomic mass is 10.00. The highest BCUT2D eigenvalue weighted by molar-refractivity contribution is 7.91. The van der Waals surface area contributed by atoms with E-state index in [1.807, 2.05) is 0 Å². The minimum Gasteiger partial charge on any atom is -0.316 e. The first kappa shape index (κ1) is 14.8. The Morgan fingerprint density at radius 3 is 2.70 bits per heavy atom. The van der Waals surface area contributed by atoms with E-state index in [-0.39, 0.29) is 6.04 Å². The molecule has 3 rings (SSSR count). The first-order valence-corrected chi connectivity index (χ1v) is 9.69. The Bertz CT molecular complexity index is 563. The van der Waals surface area contributed by atoms with Crippen molar-refractivity contribution in [1.82, 2.24) is 9.62 Å². The van der Waals surface area contributed by atoms with Gasteiger partial charge in [-0.1, -0.05) is 11.6 Å². The lowest BCUT2D eigenvalue weighted by molar-refractivity contribution is 0.287. The van der Waals surface area contributed by atoms with Gasteiger partial charge in [0.25, 0.3) is 10.0 Å². The normalized spacial score (nSPS) is 24.2. The minimum absolute atomic E-state index is 0.197. The Hall–Kier alpha value is -0.140. The van der Waals surface area contributed by atoms with Gasteiger partial charge < -0.3 is 5.32 Å². The van der Waals surface area contributed by atoms with Gasteiger partial charge >= 0.3 is 0 Å². The topological polar surface area (TPSA) is 49.4 Å². The van der Waals surface area contributed by atoms with Gasteiger partial charge in [0, 0.05) is 12.6 Å². The molecule has 112 valence electrons. The number of sulfonamides is 1. The van der Waals surface area contributed by atoms with E-state index in [2.05, 4.69) is 5.32 Å². The van der Waals surface area contributed by atoms with Crippen LogP contribution in [0.3, 0.4) is 0 Å². The molecule has 2 heterocycles. The fourth-order valence-electron chi connectivity index (χ4n) is 2.69. The molecule has 1 unspecified atom stereocenters. The van der Waals surface area contributed by atoms with Crippen molar-refractivity contribution in [3.8, 4) is 0 Å². The summed E-state index contributed by atoms with van der Waals surface area (Å²) >= 11 is 7.03. The molecule has 1 saturated heterocycles. The third kappa shape index (κ3) is 3.20. The molecule has 1 aromatic rings. The predicted molar refractivity (Wildman–Crippen MR) is 81.8 cm³/mol. The quantitative estimate of drug-likeness (QED) is 0.900. The molecule has 0 amide bonds. The molecule has 1 aliphatic carbocycles. The Balaban J connectivity index is 1.79. The minimum atomic E-state index is -3.38. The van der Waals surface area contributed by atoms with Gasteiger partial charge in [-0.15, -0.1) is 11.3 Å². The molecule has 1 N–H and O–H groups in total. The highest BCUT2D eigenvalue weighted by Crippen LogP contribution is 2.36. The van der Waals surface area contributed by atoms with E-state index >= 15 is 0 Å². The number of nitrogens with zero attached hydrogens (tertiary/aromatic N) is 1. The number of thiophene rings is 1. The van der Waals surface area contributed by atoms with Crippen LogP contribution in [0, 0.1) is 5.92 Å². The van der Waals surface area contributed by atoms with Crippen LogP contribution in [0.2, 0.25) is 4.34 Å².